The highest BCUT2D eigenvalue weighted by atomic mass is 14.7. The summed E-state index contributed by atoms with van der Waals surface area (Å²) in [6.45, 7) is 12.3. The number of hydrogen-bond donors (Lipinski definition) is 0. The minimum Gasteiger partial charge on any atom is -0.260 e. The molecule has 0 aliphatic carbocycles. The van der Waals surface area contributed by atoms with E-state index in [1.54, 1.807) is 0 Å². The second kappa shape index (κ2) is 6.95. The van der Waals surface area contributed by atoms with Crippen LogP contribution in [0.4, 0.5) is 5.69 Å². The zero-order valence-electron chi connectivity index (χ0n) is 11.9. The SMILES string of the molecule is C=C/C(=C\CC)C(C)/C=N\c1ccc(C)cc1C. The summed E-state index contributed by atoms with van der Waals surface area (Å²) in [7, 11) is 0. The van der Waals surface area contributed by atoms with Crippen LogP contribution in [-0.2, 0) is 0 Å². The summed E-state index contributed by atoms with van der Waals surface area (Å²) >= 11 is 0. The average Bonchev–Trinajstić information content (AvgIpc) is 2.34. The predicted octanol–water partition coefficient (Wildman–Crippen LogP) is 5.16. The average molecular weight is 241 g/mol. The fourth-order valence-corrected chi connectivity index (χ4v) is 1.92. The van der Waals surface area contributed by atoms with Gasteiger partial charge in [-0.2, -0.15) is 0 Å². The molecule has 0 N–H and O–H groups in total. The highest BCUT2D eigenvalue weighted by Gasteiger charge is 2.02. The first-order valence-corrected chi connectivity index (χ1v) is 6.52. The Morgan fingerprint density at radius 3 is 2.67 bits per heavy atom. The van der Waals surface area contributed by atoms with Gasteiger partial charge in [0.05, 0.1) is 5.69 Å². The predicted molar refractivity (Wildman–Crippen MR) is 81.8 cm³/mol. The Kier molecular flexibility index (Phi) is 5.57. The third-order valence-electron chi connectivity index (χ3n) is 2.99. The Balaban J connectivity index is 2.86. The topological polar surface area (TPSA) is 12.4 Å². The zero-order chi connectivity index (χ0) is 13.5. The van der Waals surface area contributed by atoms with Crippen molar-refractivity contribution in [2.45, 2.75) is 34.1 Å². The van der Waals surface area contributed by atoms with Gasteiger partial charge >= 0.3 is 0 Å². The number of aryl methyl sites for hydroxylation is 2. The van der Waals surface area contributed by atoms with E-state index in [4.69, 9.17) is 0 Å². The molecule has 0 radical (unpaired) electrons. The lowest BCUT2D eigenvalue weighted by molar-refractivity contribution is 0.953. The van der Waals surface area contributed by atoms with Crippen molar-refractivity contribution >= 4 is 11.9 Å². The van der Waals surface area contributed by atoms with Crippen molar-refractivity contribution in [3.63, 3.8) is 0 Å². The van der Waals surface area contributed by atoms with E-state index in [1.807, 2.05) is 12.3 Å². The van der Waals surface area contributed by atoms with Crippen LogP contribution >= 0.6 is 0 Å². The lowest BCUT2D eigenvalue weighted by atomic mass is 10.0. The van der Waals surface area contributed by atoms with Gasteiger partial charge in [-0.3, -0.25) is 4.99 Å². The molecular formula is C17H23N. The van der Waals surface area contributed by atoms with Gasteiger partial charge in [0, 0.05) is 12.1 Å². The van der Waals surface area contributed by atoms with Gasteiger partial charge in [-0.1, -0.05) is 50.3 Å². The first-order chi connectivity index (χ1) is 8.58. The van der Waals surface area contributed by atoms with E-state index in [2.05, 4.69) is 63.5 Å². The van der Waals surface area contributed by atoms with Gasteiger partial charge in [0.2, 0.25) is 0 Å². The number of aliphatic imine (C=N–C) groups is 1. The number of rotatable bonds is 5. The first kappa shape index (κ1) is 14.4. The monoisotopic (exact) mass is 241 g/mol. The maximum atomic E-state index is 4.58. The van der Waals surface area contributed by atoms with Crippen LogP contribution < -0.4 is 0 Å². The maximum absolute atomic E-state index is 4.58. The molecule has 18 heavy (non-hydrogen) atoms. The molecule has 96 valence electrons. The van der Waals surface area contributed by atoms with Crippen LogP contribution in [0.15, 0.2) is 47.5 Å². The minimum atomic E-state index is 0.308. The Morgan fingerprint density at radius 1 is 1.39 bits per heavy atom. The lowest BCUT2D eigenvalue weighted by Gasteiger charge is -2.07. The van der Waals surface area contributed by atoms with Crippen molar-refractivity contribution in [1.29, 1.82) is 0 Å². The quantitative estimate of drug-likeness (QED) is 0.498. The van der Waals surface area contributed by atoms with E-state index in [9.17, 15) is 0 Å². The van der Waals surface area contributed by atoms with E-state index >= 15 is 0 Å². The fraction of sp³-hybridized carbons (Fsp3) is 0.353. The molecule has 0 aliphatic rings. The third-order valence-corrected chi connectivity index (χ3v) is 2.99. The largest absolute Gasteiger partial charge is 0.260 e. The second-order valence-electron chi connectivity index (χ2n) is 4.67. The van der Waals surface area contributed by atoms with Gasteiger partial charge in [-0.15, -0.1) is 0 Å². The minimum absolute atomic E-state index is 0.308. The van der Waals surface area contributed by atoms with Gasteiger partial charge in [-0.05, 0) is 37.5 Å². The number of hydrogen-bond acceptors (Lipinski definition) is 1. The molecule has 0 saturated carbocycles. The third kappa shape index (κ3) is 3.99. The highest BCUT2D eigenvalue weighted by Crippen LogP contribution is 2.20. The van der Waals surface area contributed by atoms with Crippen LogP contribution in [0.25, 0.3) is 0 Å². The smallest absolute Gasteiger partial charge is 0.0655 e. The summed E-state index contributed by atoms with van der Waals surface area (Å²) in [5.41, 5.74) is 4.79. The van der Waals surface area contributed by atoms with Crippen LogP contribution in [0, 0.1) is 19.8 Å². The van der Waals surface area contributed by atoms with Crippen LogP contribution in [0.5, 0.6) is 0 Å². The summed E-state index contributed by atoms with van der Waals surface area (Å²) in [6, 6.07) is 6.33. The summed E-state index contributed by atoms with van der Waals surface area (Å²) in [4.78, 5) is 4.58. The molecule has 0 bridgehead atoms. The Labute approximate surface area is 111 Å². The fourth-order valence-electron chi connectivity index (χ4n) is 1.92. The van der Waals surface area contributed by atoms with Crippen molar-refractivity contribution in [3.8, 4) is 0 Å². The molecule has 1 aromatic rings. The van der Waals surface area contributed by atoms with Gasteiger partial charge in [-0.25, -0.2) is 0 Å². The molecule has 1 heteroatoms. The summed E-state index contributed by atoms with van der Waals surface area (Å²) in [5.74, 6) is 0.308. The molecular weight excluding hydrogens is 218 g/mol. The van der Waals surface area contributed by atoms with Crippen LogP contribution in [0.3, 0.4) is 0 Å². The highest BCUT2D eigenvalue weighted by molar-refractivity contribution is 5.70. The molecule has 0 saturated heterocycles. The molecule has 1 nitrogen and oxygen atoms in total. The summed E-state index contributed by atoms with van der Waals surface area (Å²) in [5, 5.41) is 0. The Hall–Kier alpha value is -1.63. The molecule has 1 aromatic carbocycles. The molecule has 1 unspecified atom stereocenters. The number of allylic oxidation sites excluding steroid dienone is 3. The van der Waals surface area contributed by atoms with E-state index in [1.165, 1.54) is 16.7 Å². The molecule has 0 heterocycles. The maximum Gasteiger partial charge on any atom is 0.0655 e. The van der Waals surface area contributed by atoms with Gasteiger partial charge in [0.25, 0.3) is 0 Å². The molecule has 0 amide bonds. The molecule has 0 fully saturated rings. The van der Waals surface area contributed by atoms with Gasteiger partial charge < -0.3 is 0 Å². The summed E-state index contributed by atoms with van der Waals surface area (Å²) < 4.78 is 0. The van der Waals surface area contributed by atoms with E-state index in [0.29, 0.717) is 5.92 Å². The number of benzene rings is 1. The summed E-state index contributed by atoms with van der Waals surface area (Å²) in [6.07, 6.45) is 7.15. The van der Waals surface area contributed by atoms with Crippen molar-refractivity contribution in [3.05, 3.63) is 53.6 Å². The second-order valence-corrected chi connectivity index (χ2v) is 4.67. The Morgan fingerprint density at radius 2 is 2.11 bits per heavy atom. The molecule has 1 atom stereocenters. The van der Waals surface area contributed by atoms with E-state index in [0.717, 1.165) is 12.1 Å². The van der Waals surface area contributed by atoms with Crippen LogP contribution in [-0.4, -0.2) is 6.21 Å². The van der Waals surface area contributed by atoms with Crippen LogP contribution in [0.1, 0.15) is 31.4 Å². The van der Waals surface area contributed by atoms with Crippen molar-refractivity contribution in [1.82, 2.24) is 0 Å². The van der Waals surface area contributed by atoms with Crippen molar-refractivity contribution in [2.24, 2.45) is 10.9 Å². The molecule has 0 aromatic heterocycles. The van der Waals surface area contributed by atoms with Crippen LogP contribution in [0.2, 0.25) is 0 Å². The molecule has 1 rings (SSSR count). The lowest BCUT2D eigenvalue weighted by Crippen LogP contribution is -1.98. The Bertz CT molecular complexity index is 466. The van der Waals surface area contributed by atoms with Gasteiger partial charge in [0.15, 0.2) is 0 Å². The zero-order valence-corrected chi connectivity index (χ0v) is 11.9. The van der Waals surface area contributed by atoms with E-state index in [-0.39, 0.29) is 0 Å². The van der Waals surface area contributed by atoms with E-state index < -0.39 is 0 Å². The first-order valence-electron chi connectivity index (χ1n) is 6.52. The van der Waals surface area contributed by atoms with Crippen molar-refractivity contribution < 1.29 is 0 Å². The normalized spacial score (nSPS) is 13.9. The van der Waals surface area contributed by atoms with Gasteiger partial charge in [0.1, 0.15) is 0 Å². The molecule has 0 spiro atoms. The van der Waals surface area contributed by atoms with Crippen molar-refractivity contribution in [2.75, 3.05) is 0 Å². The number of nitrogens with zero attached hydrogens (tertiary/aromatic N) is 1. The standard InChI is InChI=1S/C17H23N/c1-6-8-16(7-2)15(5)12-18-17-10-9-13(3)11-14(17)4/h7-12,15H,2,6H2,1,3-5H3/b16-8+,18-12-. The molecule has 0 aliphatic heterocycles.